The minimum Gasteiger partial charge on any atom is -0.358 e. The van der Waals surface area contributed by atoms with Crippen molar-refractivity contribution in [2.45, 2.75) is 13.8 Å². The van der Waals surface area contributed by atoms with Gasteiger partial charge in [-0.1, -0.05) is 24.3 Å². The highest BCUT2D eigenvalue weighted by Crippen LogP contribution is 2.23. The van der Waals surface area contributed by atoms with E-state index in [1.807, 2.05) is 31.2 Å². The topological polar surface area (TPSA) is 40.5 Å². The van der Waals surface area contributed by atoms with E-state index in [1.54, 1.807) is 6.07 Å². The van der Waals surface area contributed by atoms with Crippen LogP contribution in [-0.4, -0.2) is 43.5 Å². The molecule has 3 aromatic rings. The van der Waals surface area contributed by atoms with E-state index in [0.717, 1.165) is 48.3 Å². The van der Waals surface area contributed by atoms with E-state index in [0.29, 0.717) is 12.2 Å². The molecule has 0 bridgehead atoms. The lowest BCUT2D eigenvalue weighted by Crippen LogP contribution is -3.15. The van der Waals surface area contributed by atoms with Crippen molar-refractivity contribution in [1.29, 1.82) is 0 Å². The van der Waals surface area contributed by atoms with Crippen LogP contribution in [0.2, 0.25) is 0 Å². The Balaban J connectivity index is 1.45. The number of Topliss-reactive ketones (excluding diaryl/α,β-unsaturated/α-hetero) is 1. The third-order valence-corrected chi connectivity index (χ3v) is 5.49. The van der Waals surface area contributed by atoms with Crippen LogP contribution in [0.15, 0.2) is 42.5 Å². The van der Waals surface area contributed by atoms with Crippen molar-refractivity contribution < 1.29 is 14.1 Å². The van der Waals surface area contributed by atoms with E-state index in [2.05, 4.69) is 22.9 Å². The molecule has 2 aromatic carbocycles. The first-order valence-electron chi connectivity index (χ1n) is 9.48. The minimum atomic E-state index is -0.179. The fourth-order valence-electron chi connectivity index (χ4n) is 4.07. The predicted octanol–water partition coefficient (Wildman–Crippen LogP) is 2.51. The number of H-pyrrole nitrogens is 1. The highest BCUT2D eigenvalue weighted by molar-refractivity contribution is 6.09. The molecule has 0 atom stereocenters. The molecule has 1 aliphatic heterocycles. The molecule has 0 spiro atoms. The van der Waals surface area contributed by atoms with E-state index < -0.39 is 0 Å². The van der Waals surface area contributed by atoms with Crippen LogP contribution in [0.1, 0.15) is 21.6 Å². The van der Waals surface area contributed by atoms with Gasteiger partial charge >= 0.3 is 0 Å². The molecule has 1 aliphatic rings. The van der Waals surface area contributed by atoms with Gasteiger partial charge in [0.25, 0.3) is 0 Å². The second-order valence-corrected chi connectivity index (χ2v) is 7.46. The smallest absolute Gasteiger partial charge is 0.219 e. The summed E-state index contributed by atoms with van der Waals surface area (Å²) in [7, 11) is 0. The number of carbonyl (C=O) groups is 1. The third-order valence-electron chi connectivity index (χ3n) is 5.49. The van der Waals surface area contributed by atoms with Crippen LogP contribution in [0.4, 0.5) is 10.1 Å². The van der Waals surface area contributed by atoms with Gasteiger partial charge in [-0.15, -0.1) is 0 Å². The number of benzene rings is 2. The lowest BCUT2D eigenvalue weighted by Gasteiger charge is -2.33. The Morgan fingerprint density at radius 2 is 1.89 bits per heavy atom. The van der Waals surface area contributed by atoms with Crippen LogP contribution in [0.3, 0.4) is 0 Å². The van der Waals surface area contributed by atoms with Gasteiger partial charge in [-0.3, -0.25) is 4.79 Å². The zero-order valence-electron chi connectivity index (χ0n) is 15.8. The number of hydrogen-bond donors (Lipinski definition) is 2. The van der Waals surface area contributed by atoms with Gasteiger partial charge in [-0.25, -0.2) is 4.39 Å². The van der Waals surface area contributed by atoms with Gasteiger partial charge in [0.2, 0.25) is 5.78 Å². The van der Waals surface area contributed by atoms with Gasteiger partial charge in [-0.05, 0) is 37.6 Å². The fraction of sp³-hybridized carbons (Fsp3) is 0.318. The number of rotatable bonds is 4. The SMILES string of the molecule is Cc1ccc2c(C(=O)C[NH+]3CCN(c4ccccc4F)CC3)c(C)[nH]c2c1. The van der Waals surface area contributed by atoms with E-state index >= 15 is 0 Å². The summed E-state index contributed by atoms with van der Waals surface area (Å²) in [5.74, 6) is -0.00122. The summed E-state index contributed by atoms with van der Waals surface area (Å²) in [6.07, 6.45) is 0. The van der Waals surface area contributed by atoms with Gasteiger partial charge < -0.3 is 14.8 Å². The Morgan fingerprint density at radius 1 is 1.15 bits per heavy atom. The quantitative estimate of drug-likeness (QED) is 0.697. The molecule has 140 valence electrons. The minimum absolute atomic E-state index is 0.178. The third kappa shape index (κ3) is 3.47. The van der Waals surface area contributed by atoms with E-state index in [-0.39, 0.29) is 11.6 Å². The summed E-state index contributed by atoms with van der Waals surface area (Å²) < 4.78 is 14.0. The number of halogens is 1. The molecule has 1 fully saturated rings. The van der Waals surface area contributed by atoms with Crippen molar-refractivity contribution in [3.8, 4) is 0 Å². The number of anilines is 1. The fourth-order valence-corrected chi connectivity index (χ4v) is 4.07. The number of aromatic nitrogens is 1. The zero-order chi connectivity index (χ0) is 19.0. The van der Waals surface area contributed by atoms with Crippen LogP contribution >= 0.6 is 0 Å². The van der Waals surface area contributed by atoms with E-state index in [4.69, 9.17) is 0 Å². The lowest BCUT2D eigenvalue weighted by molar-refractivity contribution is -0.892. The maximum Gasteiger partial charge on any atom is 0.219 e. The van der Waals surface area contributed by atoms with Crippen LogP contribution < -0.4 is 9.80 Å². The predicted molar refractivity (Wildman–Crippen MR) is 106 cm³/mol. The second kappa shape index (κ2) is 7.16. The van der Waals surface area contributed by atoms with Gasteiger partial charge in [-0.2, -0.15) is 0 Å². The van der Waals surface area contributed by atoms with Gasteiger partial charge in [0.1, 0.15) is 12.4 Å². The molecule has 4 nitrogen and oxygen atoms in total. The summed E-state index contributed by atoms with van der Waals surface area (Å²) in [6, 6.07) is 13.1. The standard InChI is InChI=1S/C22H24FN3O/c1-15-7-8-17-19(13-15)24-16(2)22(17)21(27)14-25-9-11-26(12-10-25)20-6-4-3-5-18(20)23/h3-8,13,24H,9-12,14H2,1-2H3/p+1. The number of quaternary nitrogens is 1. The molecule has 5 heteroatoms. The lowest BCUT2D eigenvalue weighted by atomic mass is 10.0. The molecule has 2 heterocycles. The largest absolute Gasteiger partial charge is 0.358 e. The van der Waals surface area contributed by atoms with Crippen LogP contribution in [0.5, 0.6) is 0 Å². The van der Waals surface area contributed by atoms with Crippen molar-refractivity contribution in [2.24, 2.45) is 0 Å². The van der Waals surface area contributed by atoms with Crippen molar-refractivity contribution in [2.75, 3.05) is 37.6 Å². The first kappa shape index (κ1) is 17.7. The Morgan fingerprint density at radius 3 is 2.63 bits per heavy atom. The molecule has 27 heavy (non-hydrogen) atoms. The van der Waals surface area contributed by atoms with Crippen LogP contribution in [-0.2, 0) is 0 Å². The van der Waals surface area contributed by atoms with E-state index in [1.165, 1.54) is 16.5 Å². The average molecular weight is 366 g/mol. The number of piperazine rings is 1. The molecule has 0 saturated carbocycles. The number of hydrogen-bond acceptors (Lipinski definition) is 2. The molecule has 2 N–H and O–H groups in total. The number of aromatic amines is 1. The van der Waals surface area contributed by atoms with Gasteiger partial charge in [0.05, 0.1) is 37.4 Å². The van der Waals surface area contributed by atoms with Crippen LogP contribution in [0, 0.1) is 19.7 Å². The van der Waals surface area contributed by atoms with Gasteiger partial charge in [0.15, 0.2) is 0 Å². The van der Waals surface area contributed by atoms with Crippen LogP contribution in [0.25, 0.3) is 10.9 Å². The first-order chi connectivity index (χ1) is 13.0. The zero-order valence-corrected chi connectivity index (χ0v) is 15.8. The second-order valence-electron chi connectivity index (χ2n) is 7.46. The molecule has 1 saturated heterocycles. The molecule has 0 amide bonds. The number of nitrogens with one attached hydrogen (secondary N) is 2. The molecule has 4 rings (SSSR count). The molecule has 1 aromatic heterocycles. The Labute approximate surface area is 158 Å². The van der Waals surface area contributed by atoms with Gasteiger partial charge in [0, 0.05) is 16.6 Å². The highest BCUT2D eigenvalue weighted by Gasteiger charge is 2.26. The van der Waals surface area contributed by atoms with Crippen molar-refractivity contribution >= 4 is 22.4 Å². The average Bonchev–Trinajstić information content (AvgIpc) is 2.98. The maximum atomic E-state index is 14.0. The molecular formula is C22H25FN3O+. The number of carbonyl (C=O) groups excluding carboxylic acids is 1. The van der Waals surface area contributed by atoms with E-state index in [9.17, 15) is 9.18 Å². The highest BCUT2D eigenvalue weighted by atomic mass is 19.1. The summed E-state index contributed by atoms with van der Waals surface area (Å²) >= 11 is 0. The summed E-state index contributed by atoms with van der Waals surface area (Å²) in [5.41, 5.74) is 4.61. The first-order valence-corrected chi connectivity index (χ1v) is 9.48. The molecule has 0 aliphatic carbocycles. The molecular weight excluding hydrogens is 341 g/mol. The summed E-state index contributed by atoms with van der Waals surface area (Å²) in [4.78, 5) is 19.7. The Bertz CT molecular complexity index is 986. The monoisotopic (exact) mass is 366 g/mol. The molecule has 0 unspecified atom stereocenters. The number of aryl methyl sites for hydroxylation is 2. The summed E-state index contributed by atoms with van der Waals surface area (Å²) in [5, 5.41) is 1.01. The summed E-state index contributed by atoms with van der Waals surface area (Å²) in [6.45, 7) is 7.68. The van der Waals surface area contributed by atoms with Crippen molar-refractivity contribution in [1.82, 2.24) is 4.98 Å². The van der Waals surface area contributed by atoms with Crippen molar-refractivity contribution in [3.63, 3.8) is 0 Å². The number of fused-ring (bicyclic) bond motifs is 1. The Hall–Kier alpha value is -2.66. The number of nitrogens with zero attached hydrogens (tertiary/aromatic N) is 1. The molecule has 0 radical (unpaired) electrons. The number of ketones is 1. The number of para-hydroxylation sites is 1. The normalized spacial score (nSPS) is 15.4. The van der Waals surface area contributed by atoms with Crippen molar-refractivity contribution in [3.05, 3.63) is 65.1 Å². The Kier molecular flexibility index (Phi) is 4.70. The maximum absolute atomic E-state index is 14.0.